The third-order valence-electron chi connectivity index (χ3n) is 8.83. The summed E-state index contributed by atoms with van der Waals surface area (Å²) < 4.78 is 17.8. The number of ether oxygens (including phenoxy) is 3. The number of nitrogens with zero attached hydrogens (tertiary/aromatic N) is 5. The number of fused-ring (bicyclic) bond motifs is 3. The summed E-state index contributed by atoms with van der Waals surface area (Å²) in [6, 6.07) is 14.8. The molecule has 4 aliphatic rings. The molecule has 0 spiro atoms. The standard InChI is InChI=1S/C30H37N7O3.C4H11N.2C2H6/c1-30(2)16-25-23(19-40-30)22-17-32-29(33-20-6-8-21(9-7-20)36-11-14-38-15-12-36)35-28(22)37(25)27-5-3-4-24(34-27)26-18-31-10-13-39-26;1-3-5-4-2;2*1-2/h3-9,17,23,25-26,31H,10-16,18-19H2,1-2H3,(H,32,33,35);5H,3-4H2,1-2H3;2*1-2H3. The molecule has 1 aromatic carbocycles. The van der Waals surface area contributed by atoms with Gasteiger partial charge in [-0.2, -0.15) is 4.98 Å². The zero-order chi connectivity index (χ0) is 35.2. The van der Waals surface area contributed by atoms with Crippen molar-refractivity contribution in [1.29, 1.82) is 0 Å². The van der Waals surface area contributed by atoms with Gasteiger partial charge in [0.15, 0.2) is 0 Å². The van der Waals surface area contributed by atoms with Gasteiger partial charge in [-0.05, 0) is 69.8 Å². The highest BCUT2D eigenvalue weighted by molar-refractivity contribution is 5.69. The van der Waals surface area contributed by atoms with Crippen LogP contribution in [0.3, 0.4) is 0 Å². The van der Waals surface area contributed by atoms with E-state index in [9.17, 15) is 0 Å². The maximum absolute atomic E-state index is 6.27. The van der Waals surface area contributed by atoms with Crippen LogP contribution in [0.4, 0.5) is 29.0 Å². The van der Waals surface area contributed by atoms with Crippen molar-refractivity contribution in [2.45, 2.75) is 85.5 Å². The molecule has 7 rings (SSSR count). The smallest absolute Gasteiger partial charge is 0.229 e. The second kappa shape index (κ2) is 19.2. The first kappa shape index (κ1) is 38.5. The Morgan fingerprint density at radius 2 is 1.67 bits per heavy atom. The number of rotatable bonds is 7. The second-order valence-electron chi connectivity index (χ2n) is 12.5. The van der Waals surface area contributed by atoms with Crippen LogP contribution in [-0.4, -0.2) is 92.3 Å². The fourth-order valence-electron chi connectivity index (χ4n) is 6.50. The lowest BCUT2D eigenvalue weighted by Gasteiger charge is -2.41. The molecule has 0 aliphatic carbocycles. The van der Waals surface area contributed by atoms with Gasteiger partial charge in [-0.25, -0.2) is 9.97 Å². The van der Waals surface area contributed by atoms with Crippen LogP contribution in [-0.2, 0) is 14.2 Å². The van der Waals surface area contributed by atoms with Crippen molar-refractivity contribution < 1.29 is 14.2 Å². The van der Waals surface area contributed by atoms with Gasteiger partial charge in [-0.1, -0.05) is 47.6 Å². The molecule has 3 aromatic rings. The lowest BCUT2D eigenvalue weighted by atomic mass is 9.85. The number of nitrogens with one attached hydrogen (secondary N) is 3. The van der Waals surface area contributed by atoms with Crippen molar-refractivity contribution in [3.8, 4) is 0 Å². The monoisotopic (exact) mass is 676 g/mol. The highest BCUT2D eigenvalue weighted by Crippen LogP contribution is 2.49. The molecule has 11 heteroatoms. The summed E-state index contributed by atoms with van der Waals surface area (Å²) in [5, 5.41) is 9.95. The van der Waals surface area contributed by atoms with E-state index in [0.29, 0.717) is 19.2 Å². The Morgan fingerprint density at radius 1 is 0.939 bits per heavy atom. The Bertz CT molecular complexity index is 1390. The molecule has 3 fully saturated rings. The number of morpholine rings is 2. The van der Waals surface area contributed by atoms with E-state index in [-0.39, 0.29) is 23.7 Å². The van der Waals surface area contributed by atoms with Gasteiger partial charge < -0.3 is 40.0 Å². The number of hydrogen-bond donors (Lipinski definition) is 3. The molecule has 3 unspecified atom stereocenters. The summed E-state index contributed by atoms with van der Waals surface area (Å²) in [4.78, 5) is 19.6. The van der Waals surface area contributed by atoms with Gasteiger partial charge >= 0.3 is 0 Å². The molecular weight excluding hydrogens is 616 g/mol. The van der Waals surface area contributed by atoms with E-state index in [1.165, 1.54) is 5.69 Å². The average Bonchev–Trinajstić information content (AvgIpc) is 3.46. The van der Waals surface area contributed by atoms with E-state index < -0.39 is 0 Å². The molecular formula is C38H60N8O3. The van der Waals surface area contributed by atoms with Gasteiger partial charge in [-0.15, -0.1) is 0 Å². The molecule has 2 aromatic heterocycles. The summed E-state index contributed by atoms with van der Waals surface area (Å²) in [6.45, 7) is 25.0. The minimum atomic E-state index is -0.230. The molecule has 11 nitrogen and oxygen atoms in total. The van der Waals surface area contributed by atoms with Crippen molar-refractivity contribution in [2.24, 2.45) is 0 Å². The van der Waals surface area contributed by atoms with Crippen molar-refractivity contribution in [1.82, 2.24) is 25.6 Å². The first-order valence-corrected chi connectivity index (χ1v) is 18.5. The van der Waals surface area contributed by atoms with Crippen LogP contribution >= 0.6 is 0 Å². The Morgan fingerprint density at radius 3 is 2.33 bits per heavy atom. The third-order valence-corrected chi connectivity index (χ3v) is 8.83. The van der Waals surface area contributed by atoms with Crippen LogP contribution < -0.4 is 25.8 Å². The maximum Gasteiger partial charge on any atom is 0.229 e. The number of hydrogen-bond acceptors (Lipinski definition) is 11. The number of aromatic nitrogens is 3. The summed E-state index contributed by atoms with van der Waals surface area (Å²) in [6.07, 6.45) is 2.78. The fraction of sp³-hybridized carbons (Fsp3) is 0.605. The van der Waals surface area contributed by atoms with Crippen LogP contribution in [0.5, 0.6) is 0 Å². The van der Waals surface area contributed by atoms with E-state index in [0.717, 1.165) is 87.5 Å². The van der Waals surface area contributed by atoms with Crippen molar-refractivity contribution in [2.75, 3.05) is 80.8 Å². The molecule has 3 saturated heterocycles. The van der Waals surface area contributed by atoms with Crippen molar-refractivity contribution in [3.63, 3.8) is 0 Å². The Labute approximate surface area is 294 Å². The van der Waals surface area contributed by atoms with E-state index in [2.05, 4.69) is 95.9 Å². The lowest BCUT2D eigenvalue weighted by Crippen LogP contribution is -2.45. The Kier molecular flexibility index (Phi) is 15.0. The zero-order valence-electron chi connectivity index (χ0n) is 31.1. The second-order valence-corrected chi connectivity index (χ2v) is 12.5. The predicted octanol–water partition coefficient (Wildman–Crippen LogP) is 6.58. The lowest BCUT2D eigenvalue weighted by molar-refractivity contribution is -0.0658. The third kappa shape index (κ3) is 9.88. The van der Waals surface area contributed by atoms with Gasteiger partial charge in [0, 0.05) is 61.3 Å². The molecule has 3 N–H and O–H groups in total. The summed E-state index contributed by atoms with van der Waals surface area (Å²) >= 11 is 0. The largest absolute Gasteiger partial charge is 0.378 e. The Hall–Kier alpha value is -3.35. The van der Waals surface area contributed by atoms with E-state index >= 15 is 0 Å². The molecule has 4 aliphatic heterocycles. The molecule has 0 radical (unpaired) electrons. The predicted molar refractivity (Wildman–Crippen MR) is 201 cm³/mol. The molecule has 270 valence electrons. The fourth-order valence-corrected chi connectivity index (χ4v) is 6.50. The van der Waals surface area contributed by atoms with Crippen molar-refractivity contribution >= 4 is 29.0 Å². The van der Waals surface area contributed by atoms with Crippen LogP contribution in [0.15, 0.2) is 48.7 Å². The minimum Gasteiger partial charge on any atom is -0.378 e. The highest BCUT2D eigenvalue weighted by atomic mass is 16.5. The van der Waals surface area contributed by atoms with Crippen LogP contribution in [0.25, 0.3) is 0 Å². The SMILES string of the molecule is CC.CC.CC1(C)CC2C(CO1)c1cnc(Nc3ccc(N4CCOCC4)cc3)nc1N2c1cccc(C2CNCCO2)n1.CCNCC. The minimum absolute atomic E-state index is 0.0549. The first-order valence-electron chi connectivity index (χ1n) is 18.5. The van der Waals surface area contributed by atoms with Gasteiger partial charge in [0.1, 0.15) is 17.7 Å². The molecule has 0 bridgehead atoms. The number of anilines is 5. The summed E-state index contributed by atoms with van der Waals surface area (Å²) in [7, 11) is 0. The van der Waals surface area contributed by atoms with E-state index in [4.69, 9.17) is 29.2 Å². The van der Waals surface area contributed by atoms with Gasteiger partial charge in [0.2, 0.25) is 5.95 Å². The van der Waals surface area contributed by atoms with Crippen molar-refractivity contribution in [3.05, 3.63) is 59.9 Å². The molecule has 0 saturated carbocycles. The van der Waals surface area contributed by atoms with E-state index in [1.54, 1.807) is 0 Å². The number of pyridine rings is 1. The maximum atomic E-state index is 6.27. The zero-order valence-corrected chi connectivity index (χ0v) is 31.1. The molecule has 3 atom stereocenters. The molecule has 49 heavy (non-hydrogen) atoms. The van der Waals surface area contributed by atoms with Gasteiger partial charge in [0.25, 0.3) is 0 Å². The summed E-state index contributed by atoms with van der Waals surface area (Å²) in [5.41, 5.74) is 3.96. The van der Waals surface area contributed by atoms with Gasteiger partial charge in [-0.3, -0.25) is 0 Å². The molecule has 0 amide bonds. The normalized spacial score (nSPS) is 22.2. The highest BCUT2D eigenvalue weighted by Gasteiger charge is 2.48. The van der Waals surface area contributed by atoms with E-state index in [1.807, 2.05) is 33.9 Å². The van der Waals surface area contributed by atoms with Crippen LogP contribution in [0.2, 0.25) is 0 Å². The average molecular weight is 677 g/mol. The Balaban J connectivity index is 0.000000545. The topological polar surface area (TPSA) is 109 Å². The van der Waals surface area contributed by atoms with Gasteiger partial charge in [0.05, 0.1) is 37.7 Å². The molecule has 6 heterocycles. The number of benzene rings is 1. The van der Waals surface area contributed by atoms with Crippen LogP contribution in [0.1, 0.15) is 85.1 Å². The quantitative estimate of drug-likeness (QED) is 0.252. The van der Waals surface area contributed by atoms with Crippen LogP contribution in [0, 0.1) is 0 Å². The first-order chi connectivity index (χ1) is 24.0. The summed E-state index contributed by atoms with van der Waals surface area (Å²) in [5.74, 6) is 2.53.